The second kappa shape index (κ2) is 10.1. The molecule has 0 aliphatic heterocycles. The average Bonchev–Trinajstić information content (AvgIpc) is 2.92. The summed E-state index contributed by atoms with van der Waals surface area (Å²) in [6, 6.07) is 12.6. The van der Waals surface area contributed by atoms with Crippen LogP contribution in [0.3, 0.4) is 0 Å². The molecule has 0 aliphatic carbocycles. The number of aromatic nitrogens is 2. The molecular formula is C19H29N5S. The number of aliphatic imine (C=N–C) groups is 1. The lowest BCUT2D eigenvalue weighted by Crippen LogP contribution is -2.40. The molecule has 2 N–H and O–H groups in total. The summed E-state index contributed by atoms with van der Waals surface area (Å²) in [7, 11) is 1.81. The third kappa shape index (κ3) is 6.82. The summed E-state index contributed by atoms with van der Waals surface area (Å²) in [6.07, 6.45) is 1.01. The second-order valence-electron chi connectivity index (χ2n) is 6.13. The van der Waals surface area contributed by atoms with Crippen LogP contribution >= 0.6 is 11.8 Å². The monoisotopic (exact) mass is 359 g/mol. The summed E-state index contributed by atoms with van der Waals surface area (Å²) < 4.78 is 2.06. The molecule has 25 heavy (non-hydrogen) atoms. The highest BCUT2D eigenvalue weighted by Gasteiger charge is 2.06. The number of thioether (sulfide) groups is 1. The molecule has 0 saturated carbocycles. The van der Waals surface area contributed by atoms with Crippen LogP contribution in [0.2, 0.25) is 0 Å². The zero-order valence-corrected chi connectivity index (χ0v) is 16.4. The second-order valence-corrected chi connectivity index (χ2v) is 7.64. The Morgan fingerprint density at radius 1 is 1.24 bits per heavy atom. The van der Waals surface area contributed by atoms with Crippen molar-refractivity contribution in [3.8, 4) is 0 Å². The normalized spacial score (nSPS) is 12.9. The maximum absolute atomic E-state index is 4.49. The first kappa shape index (κ1) is 19.4. The SMILES string of the molecule is CN=C(NCCCn1nc(C)cc1C)NCC(C)Sc1ccccc1. The van der Waals surface area contributed by atoms with Gasteiger partial charge in [0.25, 0.3) is 0 Å². The molecule has 136 valence electrons. The van der Waals surface area contributed by atoms with Crippen LogP contribution in [0, 0.1) is 13.8 Å². The smallest absolute Gasteiger partial charge is 0.191 e. The molecule has 0 saturated heterocycles. The molecule has 0 spiro atoms. The van der Waals surface area contributed by atoms with Gasteiger partial charge in [-0.1, -0.05) is 25.1 Å². The van der Waals surface area contributed by atoms with Crippen molar-refractivity contribution in [2.45, 2.75) is 43.9 Å². The topological polar surface area (TPSA) is 54.2 Å². The number of hydrogen-bond donors (Lipinski definition) is 2. The van der Waals surface area contributed by atoms with Gasteiger partial charge in [0.15, 0.2) is 5.96 Å². The Balaban J connectivity index is 1.65. The van der Waals surface area contributed by atoms with Gasteiger partial charge in [-0.25, -0.2) is 0 Å². The minimum absolute atomic E-state index is 0.468. The Bertz CT molecular complexity index is 666. The van der Waals surface area contributed by atoms with Gasteiger partial charge < -0.3 is 10.6 Å². The van der Waals surface area contributed by atoms with Crippen LogP contribution in [-0.4, -0.2) is 41.1 Å². The van der Waals surface area contributed by atoms with E-state index in [0.717, 1.165) is 37.7 Å². The van der Waals surface area contributed by atoms with Gasteiger partial charge in [0, 0.05) is 42.5 Å². The van der Waals surface area contributed by atoms with Crippen molar-refractivity contribution in [2.24, 2.45) is 4.99 Å². The van der Waals surface area contributed by atoms with Gasteiger partial charge in [0.05, 0.1) is 5.69 Å². The van der Waals surface area contributed by atoms with E-state index in [4.69, 9.17) is 0 Å². The summed E-state index contributed by atoms with van der Waals surface area (Å²) in [5, 5.41) is 11.7. The van der Waals surface area contributed by atoms with Crippen LogP contribution < -0.4 is 10.6 Å². The van der Waals surface area contributed by atoms with Crippen LogP contribution in [0.25, 0.3) is 0 Å². The van der Waals surface area contributed by atoms with Crippen LogP contribution in [-0.2, 0) is 6.54 Å². The lowest BCUT2D eigenvalue weighted by molar-refractivity contribution is 0.555. The molecule has 2 rings (SSSR count). The van der Waals surface area contributed by atoms with E-state index in [1.807, 2.05) is 31.8 Å². The van der Waals surface area contributed by atoms with Crippen LogP contribution in [0.1, 0.15) is 24.7 Å². The first-order chi connectivity index (χ1) is 12.1. The summed E-state index contributed by atoms with van der Waals surface area (Å²) >= 11 is 1.87. The molecule has 0 fully saturated rings. The first-order valence-corrected chi connectivity index (χ1v) is 9.63. The van der Waals surface area contributed by atoms with E-state index in [-0.39, 0.29) is 0 Å². The number of guanidine groups is 1. The van der Waals surface area contributed by atoms with E-state index in [2.05, 4.69) is 69.6 Å². The number of nitrogens with one attached hydrogen (secondary N) is 2. The number of benzene rings is 1. The van der Waals surface area contributed by atoms with Crippen molar-refractivity contribution in [1.82, 2.24) is 20.4 Å². The lowest BCUT2D eigenvalue weighted by atomic mass is 10.4. The Labute approximate surface area is 155 Å². The van der Waals surface area contributed by atoms with E-state index < -0.39 is 0 Å². The molecule has 1 aromatic carbocycles. The largest absolute Gasteiger partial charge is 0.356 e. The molecule has 1 heterocycles. The Hall–Kier alpha value is -1.95. The highest BCUT2D eigenvalue weighted by molar-refractivity contribution is 8.00. The zero-order valence-electron chi connectivity index (χ0n) is 15.6. The molecule has 1 unspecified atom stereocenters. The summed E-state index contributed by atoms with van der Waals surface area (Å²) in [5.41, 5.74) is 2.29. The van der Waals surface area contributed by atoms with Gasteiger partial charge >= 0.3 is 0 Å². The van der Waals surface area contributed by atoms with E-state index >= 15 is 0 Å². The molecule has 6 heteroatoms. The number of hydrogen-bond acceptors (Lipinski definition) is 3. The van der Waals surface area contributed by atoms with Crippen molar-refractivity contribution in [1.29, 1.82) is 0 Å². The van der Waals surface area contributed by atoms with Gasteiger partial charge in [-0.3, -0.25) is 9.67 Å². The summed E-state index contributed by atoms with van der Waals surface area (Å²) in [6.45, 7) is 9.02. The fourth-order valence-corrected chi connectivity index (χ4v) is 3.52. The van der Waals surface area contributed by atoms with E-state index in [1.54, 1.807) is 0 Å². The highest BCUT2D eigenvalue weighted by Crippen LogP contribution is 2.21. The molecule has 5 nitrogen and oxygen atoms in total. The Morgan fingerprint density at radius 3 is 2.64 bits per heavy atom. The van der Waals surface area contributed by atoms with E-state index in [0.29, 0.717) is 5.25 Å². The standard InChI is InChI=1S/C19H29N5S/c1-15-13-16(2)24(23-15)12-8-11-21-19(20-4)22-14-17(3)25-18-9-6-5-7-10-18/h5-7,9-10,13,17H,8,11-12,14H2,1-4H3,(H2,20,21,22). The van der Waals surface area contributed by atoms with Gasteiger partial charge in [-0.2, -0.15) is 5.10 Å². The predicted octanol–water partition coefficient (Wildman–Crippen LogP) is 3.24. The Kier molecular flexibility index (Phi) is 7.85. The van der Waals surface area contributed by atoms with E-state index in [9.17, 15) is 0 Å². The molecule has 0 aliphatic rings. The summed E-state index contributed by atoms with van der Waals surface area (Å²) in [5.74, 6) is 0.855. The fraction of sp³-hybridized carbons (Fsp3) is 0.474. The van der Waals surface area contributed by atoms with Crippen molar-refractivity contribution in [3.63, 3.8) is 0 Å². The van der Waals surface area contributed by atoms with Crippen molar-refractivity contribution in [3.05, 3.63) is 47.8 Å². The minimum atomic E-state index is 0.468. The highest BCUT2D eigenvalue weighted by atomic mass is 32.2. The van der Waals surface area contributed by atoms with Gasteiger partial charge in [-0.05, 0) is 38.5 Å². The van der Waals surface area contributed by atoms with Crippen LogP contribution in [0.15, 0.2) is 46.3 Å². The molecule has 0 bridgehead atoms. The number of nitrogens with zero attached hydrogens (tertiary/aromatic N) is 3. The third-order valence-corrected chi connectivity index (χ3v) is 4.92. The Morgan fingerprint density at radius 2 is 2.00 bits per heavy atom. The molecule has 0 radical (unpaired) electrons. The molecule has 2 aromatic rings. The van der Waals surface area contributed by atoms with Crippen molar-refractivity contribution in [2.75, 3.05) is 20.1 Å². The molecule has 1 atom stereocenters. The lowest BCUT2D eigenvalue weighted by Gasteiger charge is -2.16. The quantitative estimate of drug-likeness (QED) is 0.329. The maximum Gasteiger partial charge on any atom is 0.191 e. The number of rotatable bonds is 8. The zero-order chi connectivity index (χ0) is 18.1. The van der Waals surface area contributed by atoms with Crippen LogP contribution in [0.4, 0.5) is 0 Å². The fourth-order valence-electron chi connectivity index (χ4n) is 2.57. The van der Waals surface area contributed by atoms with Crippen LogP contribution in [0.5, 0.6) is 0 Å². The van der Waals surface area contributed by atoms with Gasteiger partial charge in [0.2, 0.25) is 0 Å². The summed E-state index contributed by atoms with van der Waals surface area (Å²) in [4.78, 5) is 5.59. The van der Waals surface area contributed by atoms with E-state index in [1.165, 1.54) is 10.6 Å². The predicted molar refractivity (Wildman–Crippen MR) is 107 cm³/mol. The average molecular weight is 360 g/mol. The van der Waals surface area contributed by atoms with Crippen molar-refractivity contribution >= 4 is 17.7 Å². The van der Waals surface area contributed by atoms with Gasteiger partial charge in [0.1, 0.15) is 0 Å². The molecular weight excluding hydrogens is 330 g/mol. The number of aryl methyl sites for hydroxylation is 3. The molecule has 1 aromatic heterocycles. The first-order valence-electron chi connectivity index (χ1n) is 8.75. The maximum atomic E-state index is 4.49. The molecule has 0 amide bonds. The van der Waals surface area contributed by atoms with Gasteiger partial charge in [-0.15, -0.1) is 11.8 Å². The van der Waals surface area contributed by atoms with Crippen molar-refractivity contribution < 1.29 is 0 Å². The third-order valence-electron chi connectivity index (χ3n) is 3.80. The minimum Gasteiger partial charge on any atom is -0.356 e.